The Kier molecular flexibility index (Phi) is 14.5. The summed E-state index contributed by atoms with van der Waals surface area (Å²) in [5.74, 6) is 1.83. The van der Waals surface area contributed by atoms with Crippen LogP contribution in [0.2, 0.25) is 0 Å². The molecule has 18 heteroatoms. The molecule has 1 aliphatic carbocycles. The van der Waals surface area contributed by atoms with E-state index >= 15 is 0 Å². The third-order valence-electron chi connectivity index (χ3n) is 14.0. The topological polar surface area (TPSA) is 178 Å². The molecule has 14 nitrogen and oxygen atoms in total. The summed E-state index contributed by atoms with van der Waals surface area (Å²) in [7, 11) is 1.62. The van der Waals surface area contributed by atoms with Crippen molar-refractivity contribution in [3.05, 3.63) is 116 Å². The summed E-state index contributed by atoms with van der Waals surface area (Å²) < 4.78 is 68.4. The molecule has 0 spiro atoms. The number of alkyl halides is 3. The molecule has 0 unspecified atom stereocenters. The number of aromatic amines is 1. The van der Waals surface area contributed by atoms with Crippen LogP contribution in [0, 0.1) is 30.5 Å². The second-order valence-electron chi connectivity index (χ2n) is 18.5. The van der Waals surface area contributed by atoms with Crippen molar-refractivity contribution >= 4 is 34.2 Å². The van der Waals surface area contributed by atoms with E-state index in [1.807, 2.05) is 17.0 Å². The second-order valence-corrected chi connectivity index (χ2v) is 18.5. The molecular weight excluding hydrogens is 885 g/mol. The second kappa shape index (κ2) is 20.5. The minimum absolute atomic E-state index is 0.0233. The molecular formula is C50H58F4N8O6. The van der Waals surface area contributed by atoms with E-state index in [-0.39, 0.29) is 40.6 Å². The first-order chi connectivity index (χ1) is 32.5. The highest BCUT2D eigenvalue weighted by Gasteiger charge is 2.34. The number of aromatic nitrogens is 4. The van der Waals surface area contributed by atoms with Gasteiger partial charge in [0.15, 0.2) is 0 Å². The van der Waals surface area contributed by atoms with Crippen molar-refractivity contribution in [2.75, 3.05) is 57.6 Å². The number of H-pyrrole nitrogens is 1. The Bertz CT molecular complexity index is 2760. The fourth-order valence-corrected chi connectivity index (χ4v) is 10.0. The number of piperidine rings is 2. The van der Waals surface area contributed by atoms with Crippen molar-refractivity contribution in [2.24, 2.45) is 17.8 Å². The fourth-order valence-electron chi connectivity index (χ4n) is 10.0. The molecule has 68 heavy (non-hydrogen) atoms. The maximum Gasteiger partial charge on any atom is 0.416 e. The minimum atomic E-state index is -4.53. The van der Waals surface area contributed by atoms with Crippen LogP contribution in [-0.2, 0) is 15.7 Å². The molecule has 3 aromatic carbocycles. The van der Waals surface area contributed by atoms with Crippen molar-refractivity contribution < 1.29 is 36.6 Å². The molecule has 3 fully saturated rings. The molecule has 2 amide bonds. The third-order valence-corrected chi connectivity index (χ3v) is 14.0. The SMILES string of the molecule is COc1cc2nc(C)nc(N[C@H](C)c3cc(N)cc(C(F)(F)F)c3)c2cc1C1CCC(C(=O)N2CCC(CCOCC3CCN(C(=O)c4ccc(F)c(-n5ccc(=O)[nH]c5=O)c4)CC3)CC2)CC1. The first-order valence-electron chi connectivity index (χ1n) is 23.4. The van der Waals surface area contributed by atoms with Gasteiger partial charge < -0.3 is 30.3 Å². The monoisotopic (exact) mass is 942 g/mol. The molecule has 4 heterocycles. The molecule has 0 radical (unpaired) electrons. The van der Waals surface area contributed by atoms with Gasteiger partial charge in [-0.05, 0) is 143 Å². The number of likely N-dealkylation sites (tertiary alicyclic amines) is 2. The highest BCUT2D eigenvalue weighted by molar-refractivity contribution is 5.95. The largest absolute Gasteiger partial charge is 0.496 e. The number of rotatable bonds is 13. The Labute approximate surface area is 391 Å². The summed E-state index contributed by atoms with van der Waals surface area (Å²) >= 11 is 0. The number of benzene rings is 3. The first-order valence-corrected chi connectivity index (χ1v) is 23.4. The van der Waals surface area contributed by atoms with Gasteiger partial charge in [-0.2, -0.15) is 13.2 Å². The van der Waals surface area contributed by atoms with Crippen molar-refractivity contribution in [1.82, 2.24) is 29.3 Å². The summed E-state index contributed by atoms with van der Waals surface area (Å²) in [4.78, 5) is 66.0. The van der Waals surface area contributed by atoms with E-state index in [0.29, 0.717) is 66.6 Å². The highest BCUT2D eigenvalue weighted by Crippen LogP contribution is 2.43. The van der Waals surface area contributed by atoms with Gasteiger partial charge in [0.1, 0.15) is 23.2 Å². The molecule has 5 aromatic rings. The number of nitrogens with zero attached hydrogens (tertiary/aromatic N) is 5. The summed E-state index contributed by atoms with van der Waals surface area (Å²) in [6, 6.07) is 11.9. The van der Waals surface area contributed by atoms with E-state index in [2.05, 4.69) is 20.3 Å². The molecule has 8 rings (SSSR count). The normalized spacial score (nSPS) is 19.0. The predicted molar refractivity (Wildman–Crippen MR) is 249 cm³/mol. The zero-order chi connectivity index (χ0) is 48.3. The zero-order valence-electron chi connectivity index (χ0n) is 38.5. The molecule has 3 aliphatic rings. The van der Waals surface area contributed by atoms with E-state index in [4.69, 9.17) is 15.2 Å². The van der Waals surface area contributed by atoms with Crippen LogP contribution < -0.4 is 27.0 Å². The molecule has 1 saturated carbocycles. The summed E-state index contributed by atoms with van der Waals surface area (Å²) in [5, 5.41) is 4.05. The molecule has 0 bridgehead atoms. The van der Waals surface area contributed by atoms with Crippen molar-refractivity contribution in [2.45, 2.75) is 89.8 Å². The van der Waals surface area contributed by atoms with Crippen LogP contribution >= 0.6 is 0 Å². The molecule has 4 N–H and O–H groups in total. The summed E-state index contributed by atoms with van der Waals surface area (Å²) in [5.41, 5.74) is 5.85. The van der Waals surface area contributed by atoms with Gasteiger partial charge in [0.25, 0.3) is 11.5 Å². The third kappa shape index (κ3) is 11.0. The van der Waals surface area contributed by atoms with Crippen LogP contribution in [0.4, 0.5) is 29.1 Å². The maximum absolute atomic E-state index is 14.6. The average Bonchev–Trinajstić information content (AvgIpc) is 3.32. The molecule has 362 valence electrons. The van der Waals surface area contributed by atoms with Crippen LogP contribution in [0.15, 0.2) is 70.4 Å². The van der Waals surface area contributed by atoms with Gasteiger partial charge in [-0.25, -0.2) is 19.2 Å². The van der Waals surface area contributed by atoms with Gasteiger partial charge in [-0.15, -0.1) is 0 Å². The number of nitrogens with two attached hydrogens (primary N) is 1. The molecule has 2 aromatic heterocycles. The van der Waals surface area contributed by atoms with Crippen molar-refractivity contribution in [1.29, 1.82) is 0 Å². The van der Waals surface area contributed by atoms with Crippen LogP contribution in [-0.4, -0.2) is 87.6 Å². The molecule has 2 aliphatic heterocycles. The summed E-state index contributed by atoms with van der Waals surface area (Å²) in [6.07, 6.45) is 4.08. The van der Waals surface area contributed by atoms with Gasteiger partial charge in [-0.1, -0.05) is 0 Å². The van der Waals surface area contributed by atoms with Gasteiger partial charge in [0, 0.05) is 80.3 Å². The fraction of sp³-hybridized carbons (Fsp3) is 0.480. The number of nitrogens with one attached hydrogen (secondary N) is 2. The lowest BCUT2D eigenvalue weighted by Crippen LogP contribution is -2.42. The highest BCUT2D eigenvalue weighted by atomic mass is 19.4. The van der Waals surface area contributed by atoms with E-state index < -0.39 is 34.8 Å². The average molecular weight is 943 g/mol. The Morgan fingerprint density at radius 1 is 0.897 bits per heavy atom. The number of aryl methyl sites for hydroxylation is 1. The van der Waals surface area contributed by atoms with Gasteiger partial charge in [0.05, 0.1) is 29.9 Å². The Balaban J connectivity index is 0.776. The summed E-state index contributed by atoms with van der Waals surface area (Å²) in [6.45, 7) is 7.29. The Hall–Kier alpha value is -6.30. The number of carbonyl (C=O) groups excluding carboxylic acids is 2. The molecule has 2 saturated heterocycles. The number of carbonyl (C=O) groups is 2. The Morgan fingerprint density at radius 3 is 2.29 bits per heavy atom. The number of hydrogen-bond donors (Lipinski definition) is 3. The Morgan fingerprint density at radius 2 is 1.60 bits per heavy atom. The van der Waals surface area contributed by atoms with Crippen LogP contribution in [0.25, 0.3) is 16.6 Å². The smallest absolute Gasteiger partial charge is 0.416 e. The standard InChI is InChI=1S/C50H58F4N8O6/c1-29(36-22-37(50(52,53)54)25-38(55)23-36)56-46-40-26-39(44(67-3)27-42(40)57-30(2)58-46)33-4-6-34(7-5-33)47(64)60-16-10-31(11-17-60)15-21-68-28-32-12-18-61(19-13-32)48(65)35-8-9-41(51)43(24-35)62-20-14-45(63)59-49(62)66/h8-9,14,20,22-27,29,31-34H,4-7,10-13,15-19,21,28,55H2,1-3H3,(H,56,57,58)(H,59,63,66)/t29-,33?,34?/m1/s1. The van der Waals surface area contributed by atoms with Crippen LogP contribution in [0.5, 0.6) is 5.75 Å². The van der Waals surface area contributed by atoms with E-state index in [1.54, 1.807) is 25.9 Å². The number of halogens is 4. The predicted octanol–water partition coefficient (Wildman–Crippen LogP) is 8.17. The number of methoxy groups -OCH3 is 1. The molecule has 1 atom stereocenters. The first kappa shape index (κ1) is 48.2. The number of fused-ring (bicyclic) bond motifs is 1. The number of ether oxygens (including phenoxy) is 2. The van der Waals surface area contributed by atoms with Crippen molar-refractivity contribution in [3.8, 4) is 11.4 Å². The van der Waals surface area contributed by atoms with Crippen molar-refractivity contribution in [3.63, 3.8) is 0 Å². The zero-order valence-corrected chi connectivity index (χ0v) is 38.5. The van der Waals surface area contributed by atoms with Crippen LogP contribution in [0.3, 0.4) is 0 Å². The minimum Gasteiger partial charge on any atom is -0.496 e. The quantitative estimate of drug-likeness (QED) is 0.0593. The van der Waals surface area contributed by atoms with Gasteiger partial charge >= 0.3 is 11.9 Å². The van der Waals surface area contributed by atoms with E-state index in [1.165, 1.54) is 24.4 Å². The lowest BCUT2D eigenvalue weighted by Gasteiger charge is -2.36. The van der Waals surface area contributed by atoms with E-state index in [0.717, 1.165) is 111 Å². The number of anilines is 2. The van der Waals surface area contributed by atoms with Crippen LogP contribution in [0.1, 0.15) is 110 Å². The number of amides is 2. The number of nitrogen functional groups attached to an aromatic ring is 1. The number of hydrogen-bond acceptors (Lipinski definition) is 10. The van der Waals surface area contributed by atoms with Gasteiger partial charge in [-0.3, -0.25) is 23.9 Å². The maximum atomic E-state index is 14.6. The lowest BCUT2D eigenvalue weighted by molar-refractivity contribution is -0.138. The van der Waals surface area contributed by atoms with Gasteiger partial charge in [0.2, 0.25) is 5.91 Å². The lowest BCUT2D eigenvalue weighted by atomic mass is 9.77. The van der Waals surface area contributed by atoms with E-state index in [9.17, 15) is 36.7 Å².